The highest BCUT2D eigenvalue weighted by Gasteiger charge is 2.23. The van der Waals surface area contributed by atoms with Crippen molar-refractivity contribution in [3.05, 3.63) is 29.3 Å². The summed E-state index contributed by atoms with van der Waals surface area (Å²) in [6, 6.07) is 8.57. The predicted molar refractivity (Wildman–Crippen MR) is 66.3 cm³/mol. The van der Waals surface area contributed by atoms with E-state index in [1.54, 1.807) is 0 Å². The highest BCUT2D eigenvalue weighted by molar-refractivity contribution is 5.62. The molecule has 0 spiro atoms. The first-order valence-electron chi connectivity index (χ1n) is 5.97. The fraction of sp³-hybridized carbons (Fsp3) is 0.500. The van der Waals surface area contributed by atoms with Crippen LogP contribution >= 0.6 is 0 Å². The number of nitrogens with zero attached hydrogens (tertiary/aromatic N) is 1. The molecule has 1 N–H and O–H groups in total. The van der Waals surface area contributed by atoms with Crippen LogP contribution in [-0.4, -0.2) is 6.04 Å². The fourth-order valence-electron chi connectivity index (χ4n) is 2.11. The first kappa shape index (κ1) is 11.0. The van der Waals surface area contributed by atoms with E-state index in [0.717, 1.165) is 22.7 Å². The summed E-state index contributed by atoms with van der Waals surface area (Å²) in [5, 5.41) is 12.5. The Morgan fingerprint density at radius 1 is 1.50 bits per heavy atom. The van der Waals surface area contributed by atoms with Crippen molar-refractivity contribution in [3.8, 4) is 6.07 Å². The molecule has 1 unspecified atom stereocenters. The molecule has 1 aliphatic rings. The highest BCUT2D eigenvalue weighted by atomic mass is 14.9. The van der Waals surface area contributed by atoms with Gasteiger partial charge >= 0.3 is 0 Å². The van der Waals surface area contributed by atoms with Crippen molar-refractivity contribution in [2.45, 2.75) is 39.2 Å². The summed E-state index contributed by atoms with van der Waals surface area (Å²) in [6.07, 6.45) is 3.98. The van der Waals surface area contributed by atoms with Crippen LogP contribution in [0.3, 0.4) is 0 Å². The zero-order chi connectivity index (χ0) is 11.5. The Hall–Kier alpha value is -1.49. The molecular weight excluding hydrogens is 196 g/mol. The van der Waals surface area contributed by atoms with Gasteiger partial charge in [-0.05, 0) is 37.8 Å². The first-order chi connectivity index (χ1) is 7.70. The Labute approximate surface area is 97.3 Å². The van der Waals surface area contributed by atoms with E-state index in [9.17, 15) is 0 Å². The monoisotopic (exact) mass is 214 g/mol. The molecule has 0 saturated heterocycles. The van der Waals surface area contributed by atoms with Gasteiger partial charge in [0.05, 0.1) is 11.3 Å². The number of hydrogen-bond acceptors (Lipinski definition) is 2. The summed E-state index contributed by atoms with van der Waals surface area (Å²) >= 11 is 0. The number of nitriles is 1. The summed E-state index contributed by atoms with van der Waals surface area (Å²) in [7, 11) is 0. The van der Waals surface area contributed by atoms with Gasteiger partial charge in [-0.15, -0.1) is 0 Å². The number of rotatable bonds is 4. The van der Waals surface area contributed by atoms with E-state index >= 15 is 0 Å². The van der Waals surface area contributed by atoms with Crippen LogP contribution in [-0.2, 0) is 0 Å². The largest absolute Gasteiger partial charge is 0.381 e. The molecule has 0 radical (unpaired) electrons. The molecule has 1 saturated carbocycles. The minimum Gasteiger partial charge on any atom is -0.381 e. The molecule has 0 amide bonds. The molecule has 0 bridgehead atoms. The molecule has 1 aromatic rings. The van der Waals surface area contributed by atoms with E-state index in [4.69, 9.17) is 5.26 Å². The van der Waals surface area contributed by atoms with Gasteiger partial charge in [-0.3, -0.25) is 0 Å². The number of hydrogen-bond donors (Lipinski definition) is 1. The SMILES string of the molecule is Cc1cccc(C#N)c1NC(C)CC1CC1. The average Bonchev–Trinajstić information content (AvgIpc) is 3.05. The molecule has 84 valence electrons. The maximum absolute atomic E-state index is 9.06. The summed E-state index contributed by atoms with van der Waals surface area (Å²) in [4.78, 5) is 0. The summed E-state index contributed by atoms with van der Waals surface area (Å²) in [6.45, 7) is 4.25. The predicted octanol–water partition coefficient (Wildman–Crippen LogP) is 3.47. The third-order valence-electron chi connectivity index (χ3n) is 3.17. The minimum atomic E-state index is 0.459. The van der Waals surface area contributed by atoms with Gasteiger partial charge in [0.1, 0.15) is 6.07 Å². The van der Waals surface area contributed by atoms with E-state index < -0.39 is 0 Å². The third kappa shape index (κ3) is 2.55. The maximum atomic E-state index is 9.06. The minimum absolute atomic E-state index is 0.459. The van der Waals surface area contributed by atoms with Gasteiger partial charge in [-0.25, -0.2) is 0 Å². The second-order valence-corrected chi connectivity index (χ2v) is 4.83. The Balaban J connectivity index is 2.09. The zero-order valence-corrected chi connectivity index (χ0v) is 9.96. The van der Waals surface area contributed by atoms with E-state index in [1.807, 2.05) is 25.1 Å². The van der Waals surface area contributed by atoms with Gasteiger partial charge in [0.25, 0.3) is 0 Å². The lowest BCUT2D eigenvalue weighted by atomic mass is 10.1. The van der Waals surface area contributed by atoms with Crippen molar-refractivity contribution < 1.29 is 0 Å². The molecule has 2 rings (SSSR count). The molecule has 1 fully saturated rings. The number of benzene rings is 1. The van der Waals surface area contributed by atoms with Crippen molar-refractivity contribution >= 4 is 5.69 Å². The second-order valence-electron chi connectivity index (χ2n) is 4.83. The fourth-order valence-corrected chi connectivity index (χ4v) is 2.11. The zero-order valence-electron chi connectivity index (χ0n) is 9.96. The quantitative estimate of drug-likeness (QED) is 0.833. The van der Waals surface area contributed by atoms with Crippen molar-refractivity contribution in [1.29, 1.82) is 5.26 Å². The number of anilines is 1. The van der Waals surface area contributed by atoms with Crippen molar-refractivity contribution in [1.82, 2.24) is 0 Å². The molecule has 16 heavy (non-hydrogen) atoms. The smallest absolute Gasteiger partial charge is 0.101 e. The van der Waals surface area contributed by atoms with Crippen LogP contribution in [0.2, 0.25) is 0 Å². The molecule has 1 aliphatic carbocycles. The normalized spacial score (nSPS) is 16.6. The van der Waals surface area contributed by atoms with E-state index in [-0.39, 0.29) is 0 Å². The summed E-state index contributed by atoms with van der Waals surface area (Å²) in [5.74, 6) is 0.914. The molecular formula is C14H18N2. The Kier molecular flexibility index (Phi) is 3.14. The topological polar surface area (TPSA) is 35.8 Å². The van der Waals surface area contributed by atoms with Crippen LogP contribution < -0.4 is 5.32 Å². The van der Waals surface area contributed by atoms with Gasteiger partial charge in [0.2, 0.25) is 0 Å². The van der Waals surface area contributed by atoms with Gasteiger partial charge in [0.15, 0.2) is 0 Å². The van der Waals surface area contributed by atoms with Crippen LogP contribution in [0.5, 0.6) is 0 Å². The molecule has 1 atom stereocenters. The van der Waals surface area contributed by atoms with Crippen LogP contribution in [0, 0.1) is 24.2 Å². The summed E-state index contributed by atoms with van der Waals surface area (Å²) in [5.41, 5.74) is 2.92. The molecule has 0 aromatic heterocycles. The maximum Gasteiger partial charge on any atom is 0.101 e. The molecule has 0 aliphatic heterocycles. The van der Waals surface area contributed by atoms with Gasteiger partial charge in [0, 0.05) is 6.04 Å². The van der Waals surface area contributed by atoms with Gasteiger partial charge < -0.3 is 5.32 Å². The standard InChI is InChI=1S/C14H18N2/c1-10-4-3-5-13(9-15)14(10)16-11(2)8-12-6-7-12/h3-5,11-12,16H,6-8H2,1-2H3. The highest BCUT2D eigenvalue weighted by Crippen LogP contribution is 2.34. The van der Waals surface area contributed by atoms with E-state index in [0.29, 0.717) is 6.04 Å². The third-order valence-corrected chi connectivity index (χ3v) is 3.17. The summed E-state index contributed by atoms with van der Waals surface area (Å²) < 4.78 is 0. The lowest BCUT2D eigenvalue weighted by molar-refractivity contribution is 0.641. The number of aryl methyl sites for hydroxylation is 1. The first-order valence-corrected chi connectivity index (χ1v) is 5.97. The van der Waals surface area contributed by atoms with Crippen molar-refractivity contribution in [2.24, 2.45) is 5.92 Å². The Morgan fingerprint density at radius 2 is 2.25 bits per heavy atom. The van der Waals surface area contributed by atoms with Crippen LogP contribution in [0.1, 0.15) is 37.3 Å². The Bertz CT molecular complexity index is 413. The average molecular weight is 214 g/mol. The number of nitrogens with one attached hydrogen (secondary N) is 1. The van der Waals surface area contributed by atoms with E-state index in [1.165, 1.54) is 19.3 Å². The number of para-hydroxylation sites is 1. The van der Waals surface area contributed by atoms with Crippen LogP contribution in [0.4, 0.5) is 5.69 Å². The van der Waals surface area contributed by atoms with Crippen molar-refractivity contribution in [2.75, 3.05) is 5.32 Å². The van der Waals surface area contributed by atoms with E-state index in [2.05, 4.69) is 18.3 Å². The van der Waals surface area contributed by atoms with Gasteiger partial charge in [-0.2, -0.15) is 5.26 Å². The van der Waals surface area contributed by atoms with Crippen LogP contribution in [0.15, 0.2) is 18.2 Å². The lowest BCUT2D eigenvalue weighted by Crippen LogP contribution is -2.17. The molecule has 0 heterocycles. The van der Waals surface area contributed by atoms with Gasteiger partial charge in [-0.1, -0.05) is 25.0 Å². The lowest BCUT2D eigenvalue weighted by Gasteiger charge is -2.17. The second kappa shape index (κ2) is 4.57. The van der Waals surface area contributed by atoms with Crippen molar-refractivity contribution in [3.63, 3.8) is 0 Å². The molecule has 1 aromatic carbocycles. The van der Waals surface area contributed by atoms with Crippen LogP contribution in [0.25, 0.3) is 0 Å². The Morgan fingerprint density at radius 3 is 2.88 bits per heavy atom. The molecule has 2 nitrogen and oxygen atoms in total. The molecule has 2 heteroatoms.